The molecule has 2 aromatic rings. The van der Waals surface area contributed by atoms with Crippen LogP contribution in [0, 0.1) is 0 Å². The van der Waals surface area contributed by atoms with E-state index in [4.69, 9.17) is 10.5 Å². The Kier molecular flexibility index (Phi) is 8.51. The number of nitrogens with two attached hydrogens (primary N) is 1. The van der Waals surface area contributed by atoms with Gasteiger partial charge in [0.2, 0.25) is 0 Å². The summed E-state index contributed by atoms with van der Waals surface area (Å²) in [5.41, 5.74) is 7.26. The molecule has 2 heterocycles. The van der Waals surface area contributed by atoms with Crippen molar-refractivity contribution >= 4 is 21.7 Å². The summed E-state index contributed by atoms with van der Waals surface area (Å²) in [6, 6.07) is 10.7. The maximum atomic E-state index is 12.7. The van der Waals surface area contributed by atoms with E-state index in [2.05, 4.69) is 20.4 Å². The Morgan fingerprint density at radius 3 is 2.56 bits per heavy atom. The van der Waals surface area contributed by atoms with Crippen molar-refractivity contribution in [2.75, 3.05) is 37.1 Å². The molecule has 0 aliphatic carbocycles. The molecule has 0 bridgehead atoms. The first kappa shape index (κ1) is 23.6. The largest absolute Gasteiger partial charge is 0.494 e. The van der Waals surface area contributed by atoms with Crippen molar-refractivity contribution in [1.29, 1.82) is 0 Å². The van der Waals surface area contributed by atoms with Crippen LogP contribution in [0.4, 0.5) is 5.69 Å². The molecule has 1 fully saturated rings. The van der Waals surface area contributed by atoms with Crippen LogP contribution in [-0.2, 0) is 10.2 Å². The second kappa shape index (κ2) is 11.5. The van der Waals surface area contributed by atoms with Crippen LogP contribution in [-0.4, -0.2) is 56.3 Å². The third-order valence-corrected chi connectivity index (χ3v) is 6.90. The van der Waals surface area contributed by atoms with E-state index in [1.165, 1.54) is 4.31 Å². The zero-order valence-corrected chi connectivity index (χ0v) is 19.0. The average Bonchev–Trinajstić information content (AvgIpc) is 3.11. The number of nitrogens with zero attached hydrogens (tertiary/aromatic N) is 6. The summed E-state index contributed by atoms with van der Waals surface area (Å²) in [6.07, 6.45) is 5.70. The van der Waals surface area contributed by atoms with E-state index in [-0.39, 0.29) is 0 Å². The van der Waals surface area contributed by atoms with Crippen molar-refractivity contribution in [2.24, 2.45) is 21.2 Å². The van der Waals surface area contributed by atoms with Gasteiger partial charge in [-0.3, -0.25) is 9.29 Å². The lowest BCUT2D eigenvalue weighted by molar-refractivity contribution is 0.302. The minimum Gasteiger partial charge on any atom is -0.494 e. The number of aromatic nitrogens is 1. The van der Waals surface area contributed by atoms with Gasteiger partial charge >= 0.3 is 10.2 Å². The summed E-state index contributed by atoms with van der Waals surface area (Å²) in [6.45, 7) is 4.45. The number of hydrogen-bond donors (Lipinski definition) is 1. The SMILES string of the molecule is CCN=N/N=C(\N)c1ccc(OCCCCCN2CCN(c3ccncc3)S2(=O)=O)cc1. The van der Waals surface area contributed by atoms with Gasteiger partial charge in [0, 0.05) is 37.6 Å². The molecule has 3 rings (SSSR count). The molecule has 32 heavy (non-hydrogen) atoms. The molecule has 0 radical (unpaired) electrons. The van der Waals surface area contributed by atoms with Crippen LogP contribution in [0.25, 0.3) is 0 Å². The Labute approximate surface area is 189 Å². The maximum absolute atomic E-state index is 12.7. The summed E-state index contributed by atoms with van der Waals surface area (Å²) >= 11 is 0. The first-order valence-electron chi connectivity index (χ1n) is 10.6. The van der Waals surface area contributed by atoms with Crippen LogP contribution >= 0.6 is 0 Å². The Balaban J connectivity index is 1.37. The van der Waals surface area contributed by atoms with Gasteiger partial charge in [0.25, 0.3) is 0 Å². The van der Waals surface area contributed by atoms with Crippen LogP contribution in [0.1, 0.15) is 31.7 Å². The normalized spacial score (nSPS) is 16.7. The Bertz CT molecular complexity index is 1010. The molecule has 0 unspecified atom stereocenters. The Morgan fingerprint density at radius 1 is 1.09 bits per heavy atom. The van der Waals surface area contributed by atoms with Crippen LogP contribution in [0.3, 0.4) is 0 Å². The molecule has 1 aliphatic heterocycles. The van der Waals surface area contributed by atoms with Crippen molar-refractivity contribution in [2.45, 2.75) is 26.2 Å². The van der Waals surface area contributed by atoms with E-state index in [0.717, 1.165) is 30.6 Å². The topological polar surface area (TPSA) is 126 Å². The molecule has 2 N–H and O–H groups in total. The van der Waals surface area contributed by atoms with Crippen molar-refractivity contribution in [1.82, 2.24) is 9.29 Å². The maximum Gasteiger partial charge on any atom is 0.304 e. The molecular formula is C21H29N7O3S. The molecule has 1 aliphatic rings. The molecule has 10 nitrogen and oxygen atoms in total. The van der Waals surface area contributed by atoms with Gasteiger partial charge in [0.05, 0.1) is 18.8 Å². The minimum atomic E-state index is -3.46. The van der Waals surface area contributed by atoms with E-state index in [1.54, 1.807) is 28.8 Å². The lowest BCUT2D eigenvalue weighted by atomic mass is 10.2. The molecule has 172 valence electrons. The zero-order valence-electron chi connectivity index (χ0n) is 18.2. The number of ether oxygens (including phenoxy) is 1. The van der Waals surface area contributed by atoms with E-state index < -0.39 is 10.2 Å². The lowest BCUT2D eigenvalue weighted by Crippen LogP contribution is -2.33. The molecule has 1 aromatic heterocycles. The summed E-state index contributed by atoms with van der Waals surface area (Å²) in [5.74, 6) is 1.04. The first-order valence-corrected chi connectivity index (χ1v) is 12.0. The Hall–Kier alpha value is -3.05. The number of amidine groups is 1. The number of pyridine rings is 1. The molecule has 0 spiro atoms. The van der Waals surface area contributed by atoms with Gasteiger partial charge in [0.15, 0.2) is 5.84 Å². The second-order valence-electron chi connectivity index (χ2n) is 7.15. The van der Waals surface area contributed by atoms with Crippen molar-refractivity contribution in [3.63, 3.8) is 0 Å². The van der Waals surface area contributed by atoms with Crippen molar-refractivity contribution in [3.8, 4) is 5.75 Å². The van der Waals surface area contributed by atoms with Crippen LogP contribution in [0.5, 0.6) is 5.75 Å². The number of rotatable bonds is 11. The molecular weight excluding hydrogens is 430 g/mol. The van der Waals surface area contributed by atoms with Gasteiger partial charge in [0.1, 0.15) is 5.75 Å². The monoisotopic (exact) mass is 459 g/mol. The molecule has 1 aromatic carbocycles. The quantitative estimate of drug-likeness (QED) is 0.182. The third kappa shape index (κ3) is 6.24. The first-order chi connectivity index (χ1) is 15.5. The fourth-order valence-corrected chi connectivity index (χ4v) is 4.90. The van der Waals surface area contributed by atoms with Gasteiger partial charge in [-0.25, -0.2) is 0 Å². The molecule has 0 amide bonds. The average molecular weight is 460 g/mol. The molecule has 0 atom stereocenters. The highest BCUT2D eigenvalue weighted by Crippen LogP contribution is 2.24. The van der Waals surface area contributed by atoms with E-state index >= 15 is 0 Å². The zero-order chi connectivity index (χ0) is 22.8. The predicted octanol–water partition coefficient (Wildman–Crippen LogP) is 2.79. The summed E-state index contributed by atoms with van der Waals surface area (Å²) in [7, 11) is -3.46. The van der Waals surface area contributed by atoms with E-state index in [1.807, 2.05) is 31.2 Å². The summed E-state index contributed by atoms with van der Waals surface area (Å²) < 4.78 is 34.2. The lowest BCUT2D eigenvalue weighted by Gasteiger charge is -2.19. The highest BCUT2D eigenvalue weighted by molar-refractivity contribution is 7.90. The smallest absolute Gasteiger partial charge is 0.304 e. The number of hydrogen-bond acceptors (Lipinski definition) is 6. The number of anilines is 1. The van der Waals surface area contributed by atoms with Crippen molar-refractivity contribution < 1.29 is 13.2 Å². The predicted molar refractivity (Wildman–Crippen MR) is 124 cm³/mol. The highest BCUT2D eigenvalue weighted by Gasteiger charge is 2.36. The second-order valence-corrected chi connectivity index (χ2v) is 9.00. The van der Waals surface area contributed by atoms with Gasteiger partial charge in [-0.05, 0) is 67.8 Å². The Morgan fingerprint density at radius 2 is 1.84 bits per heavy atom. The highest BCUT2D eigenvalue weighted by atomic mass is 32.2. The van der Waals surface area contributed by atoms with Crippen LogP contribution < -0.4 is 14.8 Å². The third-order valence-electron chi connectivity index (χ3n) is 4.94. The number of benzene rings is 1. The van der Waals surface area contributed by atoms with Gasteiger partial charge < -0.3 is 10.5 Å². The van der Waals surface area contributed by atoms with Gasteiger partial charge in [-0.2, -0.15) is 17.8 Å². The van der Waals surface area contributed by atoms with Crippen molar-refractivity contribution in [3.05, 3.63) is 54.4 Å². The minimum absolute atomic E-state index is 0.299. The van der Waals surface area contributed by atoms with Gasteiger partial charge in [-0.1, -0.05) is 0 Å². The summed E-state index contributed by atoms with van der Waals surface area (Å²) in [4.78, 5) is 3.94. The van der Waals surface area contributed by atoms with Crippen LogP contribution in [0.15, 0.2) is 64.2 Å². The fraction of sp³-hybridized carbons (Fsp3) is 0.429. The number of unbranched alkanes of at least 4 members (excludes halogenated alkanes) is 2. The molecule has 0 saturated carbocycles. The van der Waals surface area contributed by atoms with Gasteiger partial charge in [-0.15, -0.1) is 5.10 Å². The van der Waals surface area contributed by atoms with E-state index in [9.17, 15) is 8.42 Å². The summed E-state index contributed by atoms with van der Waals surface area (Å²) in [5, 5.41) is 11.2. The van der Waals surface area contributed by atoms with Crippen LogP contribution in [0.2, 0.25) is 0 Å². The fourth-order valence-electron chi connectivity index (χ4n) is 3.25. The van der Waals surface area contributed by atoms with E-state index in [0.29, 0.717) is 44.3 Å². The molecule has 1 saturated heterocycles. The standard InChI is InChI=1S/C21H29N7O3S/c1-2-24-26-25-21(22)18-6-8-20(9-7-18)31-17-5-3-4-14-27-15-16-28(32(27,29)30)19-10-12-23-13-11-19/h6-13H,2-5,14-17H2,1H3,(H2,22,24,25). The molecule has 11 heteroatoms.